The first-order valence-corrected chi connectivity index (χ1v) is 8.03. The van der Waals surface area contributed by atoms with Gasteiger partial charge < -0.3 is 15.5 Å². The third kappa shape index (κ3) is 3.01. The molecule has 2 N–H and O–H groups in total. The number of likely N-dealkylation sites (tertiary alicyclic amines) is 1. The molecule has 1 aliphatic heterocycles. The Morgan fingerprint density at radius 3 is 2.52 bits per heavy atom. The molecule has 0 saturated carbocycles. The maximum absolute atomic E-state index is 6.39. The largest absolute Gasteiger partial charge is 0.393 e. The molecule has 124 valence electrons. The van der Waals surface area contributed by atoms with Crippen LogP contribution in [-0.2, 0) is 0 Å². The summed E-state index contributed by atoms with van der Waals surface area (Å²) in [5.41, 5.74) is 8.94. The molecule has 2 aromatic heterocycles. The predicted molar refractivity (Wildman–Crippen MR) is 92.0 cm³/mol. The van der Waals surface area contributed by atoms with Crippen LogP contribution in [-0.4, -0.2) is 57.9 Å². The summed E-state index contributed by atoms with van der Waals surface area (Å²) in [4.78, 5) is 13.3. The SMILES string of the molecule is Cc1cc(C)n(-c2ncnc(N(C)C3CCN(C)CC3)c2N)n1. The van der Waals surface area contributed by atoms with Crippen LogP contribution in [0.2, 0.25) is 0 Å². The molecule has 7 nitrogen and oxygen atoms in total. The van der Waals surface area contributed by atoms with Gasteiger partial charge in [-0.1, -0.05) is 0 Å². The Kier molecular flexibility index (Phi) is 4.21. The van der Waals surface area contributed by atoms with Crippen molar-refractivity contribution in [1.29, 1.82) is 0 Å². The van der Waals surface area contributed by atoms with Gasteiger partial charge >= 0.3 is 0 Å². The fourth-order valence-corrected chi connectivity index (χ4v) is 3.23. The van der Waals surface area contributed by atoms with Gasteiger partial charge in [0.2, 0.25) is 0 Å². The zero-order valence-electron chi connectivity index (χ0n) is 14.3. The van der Waals surface area contributed by atoms with E-state index in [0.29, 0.717) is 17.5 Å². The topological polar surface area (TPSA) is 76.1 Å². The first-order valence-electron chi connectivity index (χ1n) is 8.03. The summed E-state index contributed by atoms with van der Waals surface area (Å²) >= 11 is 0. The van der Waals surface area contributed by atoms with Gasteiger partial charge in [-0.25, -0.2) is 14.6 Å². The van der Waals surface area contributed by atoms with Crippen LogP contribution in [0.5, 0.6) is 0 Å². The van der Waals surface area contributed by atoms with Crippen molar-refractivity contribution in [3.63, 3.8) is 0 Å². The van der Waals surface area contributed by atoms with E-state index in [1.54, 1.807) is 11.0 Å². The van der Waals surface area contributed by atoms with E-state index in [0.717, 1.165) is 43.1 Å². The Balaban J connectivity index is 1.92. The summed E-state index contributed by atoms with van der Waals surface area (Å²) in [6.45, 7) is 6.17. The van der Waals surface area contributed by atoms with Crippen LogP contribution in [0.4, 0.5) is 11.5 Å². The molecule has 2 aromatic rings. The molecular formula is C16H25N7. The Hall–Kier alpha value is -2.15. The molecular weight excluding hydrogens is 290 g/mol. The fraction of sp³-hybridized carbons (Fsp3) is 0.562. The minimum atomic E-state index is 0.455. The van der Waals surface area contributed by atoms with E-state index in [9.17, 15) is 0 Å². The summed E-state index contributed by atoms with van der Waals surface area (Å²) in [5.74, 6) is 1.44. The van der Waals surface area contributed by atoms with Gasteiger partial charge in [0.05, 0.1) is 5.69 Å². The van der Waals surface area contributed by atoms with E-state index in [2.05, 4.69) is 39.0 Å². The molecule has 0 bridgehead atoms. The van der Waals surface area contributed by atoms with E-state index in [1.165, 1.54) is 0 Å². The molecule has 0 atom stereocenters. The fourth-order valence-electron chi connectivity index (χ4n) is 3.23. The molecule has 0 spiro atoms. The lowest BCUT2D eigenvalue weighted by Gasteiger charge is -2.36. The Morgan fingerprint density at radius 2 is 1.91 bits per heavy atom. The van der Waals surface area contributed by atoms with Crippen LogP contribution < -0.4 is 10.6 Å². The monoisotopic (exact) mass is 315 g/mol. The van der Waals surface area contributed by atoms with E-state index in [4.69, 9.17) is 5.73 Å². The summed E-state index contributed by atoms with van der Waals surface area (Å²) in [7, 11) is 4.23. The van der Waals surface area contributed by atoms with Crippen LogP contribution in [0, 0.1) is 13.8 Å². The van der Waals surface area contributed by atoms with Crippen LogP contribution in [0.15, 0.2) is 12.4 Å². The summed E-state index contributed by atoms with van der Waals surface area (Å²) < 4.78 is 1.79. The van der Waals surface area contributed by atoms with Gasteiger partial charge in [-0.05, 0) is 52.9 Å². The van der Waals surface area contributed by atoms with Crippen molar-refractivity contribution in [3.8, 4) is 5.82 Å². The number of rotatable bonds is 3. The number of hydrogen-bond donors (Lipinski definition) is 1. The Bertz CT molecular complexity index is 686. The van der Waals surface area contributed by atoms with Gasteiger partial charge in [0.1, 0.15) is 12.0 Å². The second-order valence-corrected chi connectivity index (χ2v) is 6.42. The number of piperidine rings is 1. The Morgan fingerprint density at radius 1 is 1.22 bits per heavy atom. The van der Waals surface area contributed by atoms with Gasteiger partial charge in [-0.2, -0.15) is 5.10 Å². The normalized spacial score (nSPS) is 16.7. The van der Waals surface area contributed by atoms with Crippen molar-refractivity contribution in [3.05, 3.63) is 23.8 Å². The zero-order valence-corrected chi connectivity index (χ0v) is 14.3. The van der Waals surface area contributed by atoms with Gasteiger partial charge in [0.25, 0.3) is 0 Å². The van der Waals surface area contributed by atoms with Gasteiger partial charge in [0.15, 0.2) is 11.6 Å². The van der Waals surface area contributed by atoms with E-state index in [-0.39, 0.29) is 0 Å². The molecule has 0 aromatic carbocycles. The first-order chi connectivity index (χ1) is 11.0. The highest BCUT2D eigenvalue weighted by molar-refractivity contribution is 5.70. The van der Waals surface area contributed by atoms with Crippen LogP contribution >= 0.6 is 0 Å². The van der Waals surface area contributed by atoms with Crippen molar-refractivity contribution in [1.82, 2.24) is 24.6 Å². The van der Waals surface area contributed by atoms with Crippen molar-refractivity contribution in [2.24, 2.45) is 0 Å². The minimum Gasteiger partial charge on any atom is -0.393 e. The van der Waals surface area contributed by atoms with E-state index < -0.39 is 0 Å². The molecule has 0 unspecified atom stereocenters. The van der Waals surface area contributed by atoms with Crippen molar-refractivity contribution in [2.75, 3.05) is 37.8 Å². The standard InChI is InChI=1S/C16H25N7/c1-11-9-12(2)23(20-11)16-14(17)15(18-10-19-16)22(4)13-5-7-21(3)8-6-13/h9-10,13H,5-8,17H2,1-4H3. The minimum absolute atomic E-state index is 0.455. The molecule has 0 amide bonds. The third-order valence-corrected chi connectivity index (χ3v) is 4.62. The number of aromatic nitrogens is 4. The number of nitrogens with two attached hydrogens (primary N) is 1. The van der Waals surface area contributed by atoms with E-state index in [1.807, 2.05) is 19.9 Å². The highest BCUT2D eigenvalue weighted by Gasteiger charge is 2.24. The van der Waals surface area contributed by atoms with Gasteiger partial charge in [0, 0.05) is 18.8 Å². The number of hydrogen-bond acceptors (Lipinski definition) is 6. The van der Waals surface area contributed by atoms with Gasteiger partial charge in [-0.15, -0.1) is 0 Å². The molecule has 1 aliphatic rings. The van der Waals surface area contributed by atoms with E-state index >= 15 is 0 Å². The van der Waals surface area contributed by atoms with Crippen molar-refractivity contribution < 1.29 is 0 Å². The summed E-state index contributed by atoms with van der Waals surface area (Å²) in [5, 5.41) is 4.49. The lowest BCUT2D eigenvalue weighted by molar-refractivity contribution is 0.252. The maximum atomic E-state index is 6.39. The lowest BCUT2D eigenvalue weighted by atomic mass is 10.0. The van der Waals surface area contributed by atoms with Crippen LogP contribution in [0.25, 0.3) is 5.82 Å². The lowest BCUT2D eigenvalue weighted by Crippen LogP contribution is -2.42. The molecule has 23 heavy (non-hydrogen) atoms. The molecule has 3 heterocycles. The zero-order chi connectivity index (χ0) is 16.6. The number of anilines is 2. The average molecular weight is 315 g/mol. The second kappa shape index (κ2) is 6.16. The highest BCUT2D eigenvalue weighted by atomic mass is 15.3. The quantitative estimate of drug-likeness (QED) is 0.922. The predicted octanol–water partition coefficient (Wildman–Crippen LogP) is 1.39. The summed E-state index contributed by atoms with van der Waals surface area (Å²) in [6, 6.07) is 2.47. The molecule has 1 saturated heterocycles. The van der Waals surface area contributed by atoms with Crippen molar-refractivity contribution >= 4 is 11.5 Å². The van der Waals surface area contributed by atoms with Crippen LogP contribution in [0.3, 0.4) is 0 Å². The number of aryl methyl sites for hydroxylation is 2. The average Bonchev–Trinajstić information content (AvgIpc) is 2.86. The van der Waals surface area contributed by atoms with Gasteiger partial charge in [-0.3, -0.25) is 0 Å². The first kappa shape index (κ1) is 15.7. The molecule has 0 aliphatic carbocycles. The smallest absolute Gasteiger partial charge is 0.182 e. The Labute approximate surface area is 137 Å². The number of nitrogens with zero attached hydrogens (tertiary/aromatic N) is 6. The number of nitrogen functional groups attached to an aromatic ring is 1. The second-order valence-electron chi connectivity index (χ2n) is 6.42. The molecule has 3 rings (SSSR count). The third-order valence-electron chi connectivity index (χ3n) is 4.62. The maximum Gasteiger partial charge on any atom is 0.182 e. The summed E-state index contributed by atoms with van der Waals surface area (Å²) in [6.07, 6.45) is 3.81. The molecule has 7 heteroatoms. The molecule has 1 fully saturated rings. The van der Waals surface area contributed by atoms with Crippen LogP contribution in [0.1, 0.15) is 24.2 Å². The van der Waals surface area contributed by atoms with Crippen molar-refractivity contribution in [2.45, 2.75) is 32.7 Å². The highest BCUT2D eigenvalue weighted by Crippen LogP contribution is 2.28. The molecule has 0 radical (unpaired) electrons.